The highest BCUT2D eigenvalue weighted by Gasteiger charge is 2.31. The highest BCUT2D eigenvalue weighted by atomic mass is 19.4. The molecule has 4 aromatic rings. The van der Waals surface area contributed by atoms with Crippen LogP contribution in [0.25, 0.3) is 16.7 Å². The number of para-hydroxylation sites is 1. The third-order valence-electron chi connectivity index (χ3n) is 4.30. The minimum atomic E-state index is -4.50. The summed E-state index contributed by atoms with van der Waals surface area (Å²) < 4.78 is 41.1. The fourth-order valence-corrected chi connectivity index (χ4v) is 3.02. The van der Waals surface area contributed by atoms with E-state index in [-0.39, 0.29) is 17.3 Å². The zero-order valence-corrected chi connectivity index (χ0v) is 14.8. The lowest BCUT2D eigenvalue weighted by Gasteiger charge is -2.14. The Morgan fingerprint density at radius 3 is 2.46 bits per heavy atom. The Kier molecular flexibility index (Phi) is 4.18. The molecule has 2 heterocycles. The number of aromatic nitrogens is 3. The molecule has 4 rings (SSSR count). The van der Waals surface area contributed by atoms with Gasteiger partial charge in [-0.25, -0.2) is 4.98 Å². The lowest BCUT2D eigenvalue weighted by atomic mass is 10.1. The van der Waals surface area contributed by atoms with Crippen molar-refractivity contribution in [2.75, 3.05) is 11.1 Å². The molecule has 0 radical (unpaired) electrons. The molecule has 0 saturated carbocycles. The first-order valence-corrected chi connectivity index (χ1v) is 8.47. The standard InChI is InChI=1S/C20H16F3N5/c1-12-5-4-6-16-17(12)26-19(27-18(16)28-7-2-3-8-28)25-15-10-13(20(21,22)23)9-14(24)11-15/h2-11H,24H2,1H3,(H,25,26,27). The number of hydrogen-bond acceptors (Lipinski definition) is 4. The van der Waals surface area contributed by atoms with Gasteiger partial charge in [-0.3, -0.25) is 0 Å². The Morgan fingerprint density at radius 2 is 1.75 bits per heavy atom. The number of nitrogens with zero attached hydrogens (tertiary/aromatic N) is 3. The second kappa shape index (κ2) is 6.56. The van der Waals surface area contributed by atoms with E-state index in [1.807, 2.05) is 54.2 Å². The van der Waals surface area contributed by atoms with E-state index < -0.39 is 11.7 Å². The monoisotopic (exact) mass is 383 g/mol. The van der Waals surface area contributed by atoms with Crippen molar-refractivity contribution >= 4 is 28.2 Å². The molecule has 0 fully saturated rings. The van der Waals surface area contributed by atoms with Gasteiger partial charge in [0.05, 0.1) is 11.1 Å². The molecule has 8 heteroatoms. The van der Waals surface area contributed by atoms with Crippen molar-refractivity contribution in [1.29, 1.82) is 0 Å². The van der Waals surface area contributed by atoms with Crippen molar-refractivity contribution in [1.82, 2.24) is 14.5 Å². The van der Waals surface area contributed by atoms with E-state index in [0.29, 0.717) is 11.3 Å². The van der Waals surface area contributed by atoms with Crippen molar-refractivity contribution in [3.63, 3.8) is 0 Å². The van der Waals surface area contributed by atoms with E-state index >= 15 is 0 Å². The molecule has 0 aliphatic rings. The van der Waals surface area contributed by atoms with Crippen LogP contribution in [0.4, 0.5) is 30.5 Å². The second-order valence-electron chi connectivity index (χ2n) is 6.40. The summed E-state index contributed by atoms with van der Waals surface area (Å²) in [7, 11) is 0. The Bertz CT molecular complexity index is 1150. The molecule has 3 N–H and O–H groups in total. The van der Waals surface area contributed by atoms with E-state index in [0.717, 1.165) is 23.1 Å². The van der Waals surface area contributed by atoms with Gasteiger partial charge in [0.15, 0.2) is 0 Å². The minimum absolute atomic E-state index is 0.0000669. The molecule has 0 aliphatic carbocycles. The Morgan fingerprint density at radius 1 is 1.00 bits per heavy atom. The number of hydrogen-bond donors (Lipinski definition) is 2. The Labute approximate surface area is 158 Å². The van der Waals surface area contributed by atoms with Gasteiger partial charge >= 0.3 is 6.18 Å². The van der Waals surface area contributed by atoms with E-state index in [9.17, 15) is 13.2 Å². The van der Waals surface area contributed by atoms with Gasteiger partial charge in [0.1, 0.15) is 5.82 Å². The normalized spacial score (nSPS) is 11.7. The summed E-state index contributed by atoms with van der Waals surface area (Å²) in [5.41, 5.74) is 6.62. The first-order valence-electron chi connectivity index (χ1n) is 8.47. The average molecular weight is 383 g/mol. The molecule has 0 atom stereocenters. The predicted octanol–water partition coefficient (Wildman–Crippen LogP) is 5.07. The van der Waals surface area contributed by atoms with Gasteiger partial charge in [0, 0.05) is 29.2 Å². The molecule has 2 aromatic carbocycles. The van der Waals surface area contributed by atoms with Crippen molar-refractivity contribution in [2.24, 2.45) is 0 Å². The number of aryl methyl sites for hydroxylation is 1. The highest BCUT2D eigenvalue weighted by Crippen LogP contribution is 2.33. The summed E-state index contributed by atoms with van der Waals surface area (Å²) in [4.78, 5) is 9.02. The summed E-state index contributed by atoms with van der Waals surface area (Å²) in [6.45, 7) is 1.92. The van der Waals surface area contributed by atoms with Gasteiger partial charge in [-0.2, -0.15) is 18.2 Å². The first kappa shape index (κ1) is 17.8. The van der Waals surface area contributed by atoms with Crippen LogP contribution >= 0.6 is 0 Å². The van der Waals surface area contributed by atoms with Crippen LogP contribution in [0.5, 0.6) is 0 Å². The lowest BCUT2D eigenvalue weighted by Crippen LogP contribution is -2.08. The maximum atomic E-state index is 13.1. The topological polar surface area (TPSA) is 68.8 Å². The third kappa shape index (κ3) is 3.36. The van der Waals surface area contributed by atoms with Crippen LogP contribution in [-0.2, 0) is 6.18 Å². The zero-order valence-electron chi connectivity index (χ0n) is 14.8. The number of rotatable bonds is 3. The number of nitrogens with one attached hydrogen (secondary N) is 1. The fourth-order valence-electron chi connectivity index (χ4n) is 3.02. The number of halogens is 3. The number of nitrogens with two attached hydrogens (primary N) is 1. The van der Waals surface area contributed by atoms with Gasteiger partial charge in [-0.15, -0.1) is 0 Å². The van der Waals surface area contributed by atoms with Gasteiger partial charge in [-0.1, -0.05) is 12.1 Å². The van der Waals surface area contributed by atoms with Crippen LogP contribution in [0.3, 0.4) is 0 Å². The molecule has 142 valence electrons. The maximum Gasteiger partial charge on any atom is 0.416 e. The van der Waals surface area contributed by atoms with Gasteiger partial charge in [0.25, 0.3) is 0 Å². The molecule has 0 spiro atoms. The molecule has 0 aliphatic heterocycles. The minimum Gasteiger partial charge on any atom is -0.399 e. The summed E-state index contributed by atoms with van der Waals surface area (Å²) in [5.74, 6) is 0.811. The Balaban J connectivity index is 1.84. The van der Waals surface area contributed by atoms with Gasteiger partial charge in [-0.05, 0) is 48.9 Å². The van der Waals surface area contributed by atoms with Gasteiger partial charge < -0.3 is 15.6 Å². The number of anilines is 3. The molecule has 0 saturated heterocycles. The van der Waals surface area contributed by atoms with Crippen molar-refractivity contribution in [2.45, 2.75) is 13.1 Å². The molecule has 0 amide bonds. The molecule has 28 heavy (non-hydrogen) atoms. The van der Waals surface area contributed by atoms with Crippen LogP contribution in [0.1, 0.15) is 11.1 Å². The van der Waals surface area contributed by atoms with Crippen LogP contribution in [-0.4, -0.2) is 14.5 Å². The van der Waals surface area contributed by atoms with E-state index in [1.165, 1.54) is 6.07 Å². The maximum absolute atomic E-state index is 13.1. The summed E-state index contributed by atoms with van der Waals surface area (Å²) in [6, 6.07) is 12.8. The number of fused-ring (bicyclic) bond motifs is 1. The van der Waals surface area contributed by atoms with Crippen LogP contribution in [0, 0.1) is 6.92 Å². The van der Waals surface area contributed by atoms with E-state index in [4.69, 9.17) is 5.73 Å². The predicted molar refractivity (Wildman–Crippen MR) is 103 cm³/mol. The number of nitrogen functional groups attached to an aromatic ring is 1. The molecular formula is C20H16F3N5. The number of alkyl halides is 3. The third-order valence-corrected chi connectivity index (χ3v) is 4.30. The molecule has 5 nitrogen and oxygen atoms in total. The van der Waals surface area contributed by atoms with Crippen molar-refractivity contribution in [3.05, 3.63) is 72.1 Å². The zero-order chi connectivity index (χ0) is 19.9. The molecule has 2 aromatic heterocycles. The first-order chi connectivity index (χ1) is 13.3. The smallest absolute Gasteiger partial charge is 0.399 e. The fraction of sp³-hybridized carbons (Fsp3) is 0.100. The van der Waals surface area contributed by atoms with Crippen LogP contribution in [0.2, 0.25) is 0 Å². The number of benzene rings is 2. The average Bonchev–Trinajstić information content (AvgIpc) is 3.15. The lowest BCUT2D eigenvalue weighted by molar-refractivity contribution is -0.137. The summed E-state index contributed by atoms with van der Waals surface area (Å²) in [5, 5.41) is 3.70. The SMILES string of the molecule is Cc1cccc2c(-n3cccc3)nc(Nc3cc(N)cc(C(F)(F)F)c3)nc12. The van der Waals surface area contributed by atoms with Gasteiger partial charge in [0.2, 0.25) is 5.95 Å². The summed E-state index contributed by atoms with van der Waals surface area (Å²) in [6.07, 6.45) is -0.810. The molecule has 0 unspecified atom stereocenters. The second-order valence-corrected chi connectivity index (χ2v) is 6.40. The molecule has 0 bridgehead atoms. The Hall–Kier alpha value is -3.55. The van der Waals surface area contributed by atoms with Crippen LogP contribution < -0.4 is 11.1 Å². The van der Waals surface area contributed by atoms with E-state index in [1.54, 1.807) is 0 Å². The van der Waals surface area contributed by atoms with E-state index in [2.05, 4.69) is 15.3 Å². The highest BCUT2D eigenvalue weighted by molar-refractivity contribution is 5.89. The summed E-state index contributed by atoms with van der Waals surface area (Å²) >= 11 is 0. The molecular weight excluding hydrogens is 367 g/mol. The quantitative estimate of drug-likeness (QED) is 0.485. The largest absolute Gasteiger partial charge is 0.416 e. The van der Waals surface area contributed by atoms with Crippen molar-refractivity contribution in [3.8, 4) is 5.82 Å². The van der Waals surface area contributed by atoms with Crippen molar-refractivity contribution < 1.29 is 13.2 Å². The van der Waals surface area contributed by atoms with Crippen LogP contribution in [0.15, 0.2) is 60.9 Å².